The highest BCUT2D eigenvalue weighted by Crippen LogP contribution is 2.28. The Bertz CT molecular complexity index is 1090. The van der Waals surface area contributed by atoms with Gasteiger partial charge in [-0.2, -0.15) is 17.5 Å². The molecule has 2 aromatic carbocycles. The highest BCUT2D eigenvalue weighted by Gasteiger charge is 2.29. The summed E-state index contributed by atoms with van der Waals surface area (Å²) in [7, 11) is -3.74. The third-order valence-corrected chi connectivity index (χ3v) is 6.64. The molecule has 7 nitrogen and oxygen atoms in total. The van der Waals surface area contributed by atoms with Crippen molar-refractivity contribution in [3.8, 4) is 5.75 Å². The van der Waals surface area contributed by atoms with Crippen molar-refractivity contribution in [2.24, 2.45) is 0 Å². The molecule has 0 bridgehead atoms. The smallest absolute Gasteiger partial charge is 0.422 e. The Balaban J connectivity index is 2.14. The van der Waals surface area contributed by atoms with Crippen LogP contribution in [0.4, 0.5) is 28.9 Å². The number of sulfonamides is 1. The van der Waals surface area contributed by atoms with Crippen molar-refractivity contribution < 1.29 is 35.5 Å². The second-order valence-electron chi connectivity index (χ2n) is 7.01. The predicted octanol–water partition coefficient (Wildman–Crippen LogP) is 4.16. The molecule has 0 radical (unpaired) electrons. The third kappa shape index (κ3) is 7.32. The summed E-state index contributed by atoms with van der Waals surface area (Å²) in [5.74, 6) is -1.63. The molecule has 12 heteroatoms. The average molecular weight is 492 g/mol. The summed E-state index contributed by atoms with van der Waals surface area (Å²) in [6, 6.07) is 7.18. The summed E-state index contributed by atoms with van der Waals surface area (Å²) >= 11 is 0. The molecule has 0 saturated carbocycles. The fourth-order valence-corrected chi connectivity index (χ4v) is 4.39. The number of alkyl halides is 3. The number of hydrogen-bond donors (Lipinski definition) is 2. The van der Waals surface area contributed by atoms with E-state index in [4.69, 9.17) is 0 Å². The quantitative estimate of drug-likeness (QED) is 0.488. The number of amides is 1. The monoisotopic (exact) mass is 491 g/mol. The number of halogens is 4. The summed E-state index contributed by atoms with van der Waals surface area (Å²) in [6.45, 7) is 3.65. The number of carbonyl (C=O) groups is 1. The highest BCUT2D eigenvalue weighted by atomic mass is 32.2. The molecule has 0 fully saturated rings. The number of anilines is 2. The molecule has 0 aliphatic heterocycles. The van der Waals surface area contributed by atoms with E-state index in [1.165, 1.54) is 16.4 Å². The van der Waals surface area contributed by atoms with Crippen LogP contribution in [0.5, 0.6) is 5.75 Å². The lowest BCUT2D eigenvalue weighted by atomic mass is 10.2. The van der Waals surface area contributed by atoms with Crippen molar-refractivity contribution in [1.29, 1.82) is 0 Å². The maximum absolute atomic E-state index is 13.5. The number of nitrogens with one attached hydrogen (secondary N) is 2. The van der Waals surface area contributed by atoms with Gasteiger partial charge in [0.05, 0.1) is 17.1 Å². The summed E-state index contributed by atoms with van der Waals surface area (Å²) in [5, 5.41) is 5.10. The molecule has 0 atom stereocenters. The Labute approximate surface area is 189 Å². The molecule has 33 heavy (non-hydrogen) atoms. The lowest BCUT2D eigenvalue weighted by Crippen LogP contribution is -2.30. The van der Waals surface area contributed by atoms with E-state index >= 15 is 0 Å². The molecule has 0 heterocycles. The van der Waals surface area contributed by atoms with Crippen LogP contribution in [0.1, 0.15) is 19.4 Å². The first-order valence-corrected chi connectivity index (χ1v) is 11.4. The van der Waals surface area contributed by atoms with Gasteiger partial charge < -0.3 is 15.4 Å². The van der Waals surface area contributed by atoms with E-state index < -0.39 is 41.1 Å². The molecular formula is C21H25F4N3O4S. The van der Waals surface area contributed by atoms with E-state index in [0.717, 1.165) is 18.2 Å². The van der Waals surface area contributed by atoms with E-state index in [1.54, 1.807) is 26.8 Å². The van der Waals surface area contributed by atoms with Crippen LogP contribution in [0.3, 0.4) is 0 Å². The van der Waals surface area contributed by atoms with Crippen LogP contribution in [0.15, 0.2) is 41.3 Å². The third-order valence-electron chi connectivity index (χ3n) is 4.60. The van der Waals surface area contributed by atoms with Crippen LogP contribution in [-0.4, -0.2) is 51.0 Å². The van der Waals surface area contributed by atoms with E-state index in [1.807, 2.05) is 0 Å². The zero-order valence-electron chi connectivity index (χ0n) is 18.3. The van der Waals surface area contributed by atoms with Gasteiger partial charge in [0.25, 0.3) is 0 Å². The van der Waals surface area contributed by atoms with Crippen molar-refractivity contribution in [2.75, 3.05) is 36.9 Å². The van der Waals surface area contributed by atoms with E-state index in [0.29, 0.717) is 5.56 Å². The fourth-order valence-electron chi connectivity index (χ4n) is 2.90. The molecule has 2 rings (SSSR count). The Kier molecular flexibility index (Phi) is 8.67. The summed E-state index contributed by atoms with van der Waals surface area (Å²) in [5.41, 5.74) is 0.716. The number of benzene rings is 2. The number of ether oxygens (including phenoxy) is 1. The van der Waals surface area contributed by atoms with E-state index in [-0.39, 0.29) is 35.1 Å². The number of carbonyl (C=O) groups excluding carboxylic acids is 1. The van der Waals surface area contributed by atoms with Crippen molar-refractivity contribution in [1.82, 2.24) is 4.31 Å². The van der Waals surface area contributed by atoms with Crippen LogP contribution >= 0.6 is 0 Å². The second-order valence-corrected chi connectivity index (χ2v) is 8.95. The van der Waals surface area contributed by atoms with Crippen LogP contribution in [0.25, 0.3) is 0 Å². The molecule has 0 unspecified atom stereocenters. The Morgan fingerprint density at radius 1 is 1.06 bits per heavy atom. The van der Waals surface area contributed by atoms with Gasteiger partial charge in [-0.3, -0.25) is 4.79 Å². The van der Waals surface area contributed by atoms with Gasteiger partial charge in [-0.25, -0.2) is 12.8 Å². The van der Waals surface area contributed by atoms with Gasteiger partial charge in [0.2, 0.25) is 15.9 Å². The second kappa shape index (κ2) is 10.8. The van der Waals surface area contributed by atoms with E-state index in [9.17, 15) is 30.8 Å². The van der Waals surface area contributed by atoms with Gasteiger partial charge in [-0.15, -0.1) is 0 Å². The molecule has 182 valence electrons. The number of nitrogens with zero attached hydrogens (tertiary/aromatic N) is 1. The van der Waals surface area contributed by atoms with Gasteiger partial charge in [-0.05, 0) is 36.8 Å². The lowest BCUT2D eigenvalue weighted by Gasteiger charge is -2.19. The van der Waals surface area contributed by atoms with Crippen LogP contribution in [0, 0.1) is 12.7 Å². The SMILES string of the molecule is CCN(CC)S(=O)(=O)c1ccc(C)c(NC(=O)CNc2cc(F)ccc2OCC(F)(F)F)c1. The van der Waals surface area contributed by atoms with Gasteiger partial charge >= 0.3 is 6.18 Å². The minimum Gasteiger partial charge on any atom is -0.482 e. The van der Waals surface area contributed by atoms with Crippen LogP contribution in [0.2, 0.25) is 0 Å². The summed E-state index contributed by atoms with van der Waals surface area (Å²) in [4.78, 5) is 12.4. The van der Waals surface area contributed by atoms with Crippen molar-refractivity contribution >= 4 is 27.3 Å². The molecular weight excluding hydrogens is 466 g/mol. The predicted molar refractivity (Wildman–Crippen MR) is 116 cm³/mol. The summed E-state index contributed by atoms with van der Waals surface area (Å²) < 4.78 is 82.2. The molecule has 0 saturated heterocycles. The zero-order valence-corrected chi connectivity index (χ0v) is 19.1. The van der Waals surface area contributed by atoms with Crippen LogP contribution < -0.4 is 15.4 Å². The first-order valence-electron chi connectivity index (χ1n) is 10.0. The largest absolute Gasteiger partial charge is 0.482 e. The fraction of sp³-hybridized carbons (Fsp3) is 0.381. The summed E-state index contributed by atoms with van der Waals surface area (Å²) in [6.07, 6.45) is -4.59. The Morgan fingerprint density at radius 3 is 2.33 bits per heavy atom. The zero-order chi connectivity index (χ0) is 24.8. The number of aryl methyl sites for hydroxylation is 1. The first-order chi connectivity index (χ1) is 15.4. The molecule has 0 aromatic heterocycles. The minimum absolute atomic E-state index is 0.00743. The first kappa shape index (κ1) is 26.4. The molecule has 0 aliphatic carbocycles. The van der Waals surface area contributed by atoms with Crippen molar-refractivity contribution in [3.05, 3.63) is 47.8 Å². The Morgan fingerprint density at radius 2 is 1.73 bits per heavy atom. The van der Waals surface area contributed by atoms with E-state index in [2.05, 4.69) is 15.4 Å². The molecule has 2 aromatic rings. The highest BCUT2D eigenvalue weighted by molar-refractivity contribution is 7.89. The van der Waals surface area contributed by atoms with Gasteiger partial charge in [0.15, 0.2) is 6.61 Å². The van der Waals surface area contributed by atoms with Crippen molar-refractivity contribution in [3.63, 3.8) is 0 Å². The number of rotatable bonds is 10. The normalized spacial score (nSPS) is 12.0. The standard InChI is InChI=1S/C21H25F4N3O4S/c1-4-28(5-2)33(30,31)16-8-6-14(3)17(11-16)27-20(29)12-26-18-10-15(22)7-9-19(18)32-13-21(23,24)25/h6-11,26H,4-5,12-13H2,1-3H3,(H,27,29). The van der Waals surface area contributed by atoms with Crippen LogP contribution in [-0.2, 0) is 14.8 Å². The lowest BCUT2D eigenvalue weighted by molar-refractivity contribution is -0.153. The maximum Gasteiger partial charge on any atom is 0.422 e. The molecule has 1 amide bonds. The molecule has 0 spiro atoms. The van der Waals surface area contributed by atoms with Gasteiger partial charge in [-0.1, -0.05) is 19.9 Å². The molecule has 2 N–H and O–H groups in total. The van der Waals surface area contributed by atoms with Crippen molar-refractivity contribution in [2.45, 2.75) is 31.8 Å². The van der Waals surface area contributed by atoms with Gasteiger partial charge in [0, 0.05) is 24.8 Å². The average Bonchev–Trinajstić information content (AvgIpc) is 2.73. The Hall–Kier alpha value is -2.86. The van der Waals surface area contributed by atoms with Gasteiger partial charge in [0.1, 0.15) is 11.6 Å². The number of hydrogen-bond acceptors (Lipinski definition) is 5. The molecule has 0 aliphatic rings. The topological polar surface area (TPSA) is 87.7 Å². The minimum atomic E-state index is -4.59. The maximum atomic E-state index is 13.5.